The molecule has 112 valence electrons. The first-order valence-corrected chi connectivity index (χ1v) is 7.14. The van der Waals surface area contributed by atoms with Crippen LogP contribution in [0.25, 0.3) is 11.1 Å². The maximum Gasteiger partial charge on any atom is 0.420 e. The normalized spacial score (nSPS) is 10.8. The molecule has 0 aliphatic carbocycles. The maximum absolute atomic E-state index is 12.6. The number of carbonyl (C=O) groups is 1. The lowest BCUT2D eigenvalue weighted by Gasteiger charge is -2.21. The van der Waals surface area contributed by atoms with Crippen molar-refractivity contribution in [2.45, 2.75) is 13.5 Å². The second-order valence-corrected chi connectivity index (χ2v) is 4.90. The lowest BCUT2D eigenvalue weighted by atomic mass is 10.2. The highest BCUT2D eigenvalue weighted by Gasteiger charge is 2.17. The van der Waals surface area contributed by atoms with Gasteiger partial charge in [0.15, 0.2) is 5.58 Å². The average Bonchev–Trinajstić information content (AvgIpc) is 2.85. The number of fused-ring (bicyclic) bond motifs is 1. The van der Waals surface area contributed by atoms with Crippen molar-refractivity contribution in [2.24, 2.45) is 0 Å². The van der Waals surface area contributed by atoms with Crippen LogP contribution < -0.4 is 10.7 Å². The van der Waals surface area contributed by atoms with E-state index in [-0.39, 0.29) is 12.5 Å². The van der Waals surface area contributed by atoms with Crippen molar-refractivity contribution in [3.05, 3.63) is 65.1 Å². The molecule has 1 amide bonds. The summed E-state index contributed by atoms with van der Waals surface area (Å²) in [6.07, 6.45) is 0. The van der Waals surface area contributed by atoms with Gasteiger partial charge in [0.05, 0.1) is 5.52 Å². The Balaban J connectivity index is 1.92. The molecule has 3 rings (SSSR count). The molecule has 1 aromatic heterocycles. The zero-order valence-electron chi connectivity index (χ0n) is 12.2. The zero-order valence-corrected chi connectivity index (χ0v) is 12.2. The van der Waals surface area contributed by atoms with E-state index in [2.05, 4.69) is 0 Å². The zero-order chi connectivity index (χ0) is 15.5. The predicted octanol–water partition coefficient (Wildman–Crippen LogP) is 2.65. The van der Waals surface area contributed by atoms with E-state index in [1.54, 1.807) is 23.1 Å². The van der Waals surface area contributed by atoms with Crippen molar-refractivity contribution in [1.29, 1.82) is 0 Å². The molecule has 0 aliphatic rings. The smallest absolute Gasteiger partial charge is 0.408 e. The average molecular weight is 296 g/mol. The van der Waals surface area contributed by atoms with Crippen molar-refractivity contribution in [1.82, 2.24) is 4.57 Å². The molecule has 0 unspecified atom stereocenters. The van der Waals surface area contributed by atoms with E-state index in [1.807, 2.05) is 43.3 Å². The summed E-state index contributed by atoms with van der Waals surface area (Å²) >= 11 is 0. The Morgan fingerprint density at radius 3 is 2.50 bits per heavy atom. The van der Waals surface area contributed by atoms with E-state index in [0.29, 0.717) is 17.6 Å². The number of aromatic nitrogens is 1. The molecule has 0 radical (unpaired) electrons. The Labute approximate surface area is 127 Å². The molecule has 1 heterocycles. The van der Waals surface area contributed by atoms with Gasteiger partial charge < -0.3 is 9.32 Å². The standard InChI is InChI=1S/C17H16N2O3/c1-2-18(13-8-4-3-5-9-13)16(20)12-19-14-10-6-7-11-15(14)22-17(19)21/h3-11H,2,12H2,1H3. The summed E-state index contributed by atoms with van der Waals surface area (Å²) in [5, 5.41) is 0. The summed E-state index contributed by atoms with van der Waals surface area (Å²) in [7, 11) is 0. The number of rotatable bonds is 4. The van der Waals surface area contributed by atoms with Crippen LogP contribution in [0.2, 0.25) is 0 Å². The fourth-order valence-corrected chi connectivity index (χ4v) is 2.50. The second-order valence-electron chi connectivity index (χ2n) is 4.90. The van der Waals surface area contributed by atoms with E-state index in [9.17, 15) is 9.59 Å². The SMILES string of the molecule is CCN(C(=O)Cn1c(=O)oc2ccccc21)c1ccccc1. The van der Waals surface area contributed by atoms with Gasteiger partial charge >= 0.3 is 5.76 Å². The molecule has 0 bridgehead atoms. The number of para-hydroxylation sites is 3. The summed E-state index contributed by atoms with van der Waals surface area (Å²) < 4.78 is 6.52. The van der Waals surface area contributed by atoms with E-state index >= 15 is 0 Å². The Morgan fingerprint density at radius 1 is 1.09 bits per heavy atom. The Morgan fingerprint density at radius 2 is 1.77 bits per heavy atom. The Kier molecular flexibility index (Phi) is 3.78. The number of oxazole rings is 1. The van der Waals surface area contributed by atoms with Crippen LogP contribution in [-0.4, -0.2) is 17.0 Å². The van der Waals surface area contributed by atoms with Gasteiger partial charge in [-0.3, -0.25) is 9.36 Å². The molecule has 0 saturated carbocycles. The topological polar surface area (TPSA) is 55.5 Å². The number of hydrogen-bond acceptors (Lipinski definition) is 3. The lowest BCUT2D eigenvalue weighted by Crippen LogP contribution is -2.35. The fraction of sp³-hybridized carbons (Fsp3) is 0.176. The summed E-state index contributed by atoms with van der Waals surface area (Å²) in [5.41, 5.74) is 1.93. The summed E-state index contributed by atoms with van der Waals surface area (Å²) in [4.78, 5) is 26.2. The van der Waals surface area contributed by atoms with Crippen molar-refractivity contribution in [3.63, 3.8) is 0 Å². The molecule has 5 heteroatoms. The van der Waals surface area contributed by atoms with Crippen LogP contribution in [-0.2, 0) is 11.3 Å². The van der Waals surface area contributed by atoms with E-state index < -0.39 is 5.76 Å². The molecule has 0 fully saturated rings. The van der Waals surface area contributed by atoms with Crippen LogP contribution in [0.3, 0.4) is 0 Å². The minimum atomic E-state index is -0.515. The van der Waals surface area contributed by atoms with Gasteiger partial charge in [-0.1, -0.05) is 30.3 Å². The predicted molar refractivity (Wildman–Crippen MR) is 84.9 cm³/mol. The van der Waals surface area contributed by atoms with Gasteiger partial charge in [0.25, 0.3) is 0 Å². The molecule has 2 aromatic carbocycles. The number of carbonyl (C=O) groups excluding carboxylic acids is 1. The largest absolute Gasteiger partial charge is 0.420 e. The minimum absolute atomic E-state index is 0.0431. The van der Waals surface area contributed by atoms with Crippen LogP contribution in [0.15, 0.2) is 63.8 Å². The third-order valence-electron chi connectivity index (χ3n) is 3.55. The quantitative estimate of drug-likeness (QED) is 0.743. The van der Waals surface area contributed by atoms with Crippen LogP contribution in [0, 0.1) is 0 Å². The molecule has 0 aliphatic heterocycles. The third-order valence-corrected chi connectivity index (χ3v) is 3.55. The van der Waals surface area contributed by atoms with Crippen molar-refractivity contribution >= 4 is 22.7 Å². The van der Waals surface area contributed by atoms with Gasteiger partial charge in [-0.25, -0.2) is 4.79 Å². The van der Waals surface area contributed by atoms with Crippen molar-refractivity contribution in [2.75, 3.05) is 11.4 Å². The van der Waals surface area contributed by atoms with E-state index in [1.165, 1.54) is 4.57 Å². The molecule has 5 nitrogen and oxygen atoms in total. The first-order valence-electron chi connectivity index (χ1n) is 7.14. The fourth-order valence-electron chi connectivity index (χ4n) is 2.50. The number of nitrogens with zero attached hydrogens (tertiary/aromatic N) is 2. The monoisotopic (exact) mass is 296 g/mol. The molecular formula is C17H16N2O3. The first kappa shape index (κ1) is 14.1. The Hall–Kier alpha value is -2.82. The second kappa shape index (κ2) is 5.89. The Bertz CT molecular complexity index is 849. The molecule has 0 N–H and O–H groups in total. The number of benzene rings is 2. The summed E-state index contributed by atoms with van der Waals surface area (Å²) in [6.45, 7) is 2.40. The van der Waals surface area contributed by atoms with Gasteiger partial charge in [-0.05, 0) is 31.2 Å². The van der Waals surface area contributed by atoms with E-state index in [0.717, 1.165) is 5.69 Å². The maximum atomic E-state index is 12.6. The molecular weight excluding hydrogens is 280 g/mol. The highest BCUT2D eigenvalue weighted by molar-refractivity contribution is 5.93. The highest BCUT2D eigenvalue weighted by Crippen LogP contribution is 2.15. The van der Waals surface area contributed by atoms with Gasteiger partial charge in [-0.2, -0.15) is 0 Å². The molecule has 22 heavy (non-hydrogen) atoms. The number of hydrogen-bond donors (Lipinski definition) is 0. The van der Waals surface area contributed by atoms with E-state index in [4.69, 9.17) is 4.42 Å². The number of likely N-dealkylation sites (N-methyl/N-ethyl adjacent to an activating group) is 1. The van der Waals surface area contributed by atoms with Crippen molar-refractivity contribution < 1.29 is 9.21 Å². The first-order chi connectivity index (χ1) is 10.7. The lowest BCUT2D eigenvalue weighted by molar-refractivity contribution is -0.119. The van der Waals surface area contributed by atoms with Gasteiger partial charge in [0.1, 0.15) is 6.54 Å². The van der Waals surface area contributed by atoms with Gasteiger partial charge in [-0.15, -0.1) is 0 Å². The van der Waals surface area contributed by atoms with Gasteiger partial charge in [0.2, 0.25) is 5.91 Å². The van der Waals surface area contributed by atoms with Crippen molar-refractivity contribution in [3.8, 4) is 0 Å². The van der Waals surface area contributed by atoms with Crippen LogP contribution in [0.5, 0.6) is 0 Å². The van der Waals surface area contributed by atoms with Crippen LogP contribution in [0.1, 0.15) is 6.92 Å². The molecule has 0 spiro atoms. The van der Waals surface area contributed by atoms with Gasteiger partial charge in [0, 0.05) is 12.2 Å². The summed E-state index contributed by atoms with van der Waals surface area (Å²) in [6, 6.07) is 16.5. The minimum Gasteiger partial charge on any atom is -0.408 e. The molecule has 0 saturated heterocycles. The molecule has 0 atom stereocenters. The van der Waals surface area contributed by atoms with Crippen LogP contribution in [0.4, 0.5) is 5.69 Å². The third kappa shape index (κ3) is 2.53. The number of amides is 1. The number of anilines is 1. The molecule has 3 aromatic rings. The highest BCUT2D eigenvalue weighted by atomic mass is 16.4. The summed E-state index contributed by atoms with van der Waals surface area (Å²) in [5.74, 6) is -0.666. The van der Waals surface area contributed by atoms with Crippen LogP contribution >= 0.6 is 0 Å².